The first-order chi connectivity index (χ1) is 19.2. The lowest BCUT2D eigenvalue weighted by Crippen LogP contribution is -2.22. The van der Waals surface area contributed by atoms with Gasteiger partial charge in [-0.2, -0.15) is 0 Å². The largest absolute Gasteiger partial charge is 0.497 e. The first-order valence-corrected chi connectivity index (χ1v) is 12.9. The highest BCUT2D eigenvalue weighted by Gasteiger charge is 2.26. The number of nitrogens with zero attached hydrogens (tertiary/aromatic N) is 3. The Morgan fingerprint density at radius 1 is 0.925 bits per heavy atom. The van der Waals surface area contributed by atoms with Gasteiger partial charge in [-0.1, -0.05) is 30.0 Å². The van der Waals surface area contributed by atoms with E-state index >= 15 is 0 Å². The summed E-state index contributed by atoms with van der Waals surface area (Å²) >= 11 is 0.734. The van der Waals surface area contributed by atoms with Crippen LogP contribution in [0.5, 0.6) is 5.75 Å². The number of carbonyl (C=O) groups is 1. The van der Waals surface area contributed by atoms with Crippen molar-refractivity contribution < 1.29 is 35.9 Å². The van der Waals surface area contributed by atoms with E-state index < -0.39 is 40.4 Å². The molecule has 0 radical (unpaired) electrons. The second-order valence-electron chi connectivity index (χ2n) is 8.53. The second kappa shape index (κ2) is 12.9. The van der Waals surface area contributed by atoms with Crippen molar-refractivity contribution in [3.63, 3.8) is 0 Å². The third kappa shape index (κ3) is 6.58. The fourth-order valence-corrected chi connectivity index (χ4v) is 4.74. The van der Waals surface area contributed by atoms with E-state index in [4.69, 9.17) is 4.74 Å². The molecule has 210 valence electrons. The van der Waals surface area contributed by atoms with E-state index in [0.717, 1.165) is 17.3 Å². The minimum Gasteiger partial charge on any atom is -0.497 e. The van der Waals surface area contributed by atoms with Crippen molar-refractivity contribution in [2.45, 2.75) is 36.7 Å². The SMILES string of the molecule is COc1cccc(-n2c(CCCC(=O)NCc3ccc(F)cc3)nnc2SCc2c(F)c(F)c(F)c(F)c2F)c1. The topological polar surface area (TPSA) is 69.0 Å². The van der Waals surface area contributed by atoms with Gasteiger partial charge in [0, 0.05) is 36.8 Å². The standard InChI is InChI=1S/C27H22F6N4O2S/c1-39-18-5-2-4-17(12-18)37-20(6-3-7-21(38)34-13-15-8-10-16(28)11-9-15)35-36-27(37)40-14-19-22(29)24(31)26(33)25(32)23(19)30/h2,4-5,8-12H,3,6-7,13-14H2,1H3,(H,34,38). The molecular formula is C27H22F6N4O2S. The third-order valence-electron chi connectivity index (χ3n) is 5.87. The summed E-state index contributed by atoms with van der Waals surface area (Å²) in [6, 6.07) is 12.5. The Hall–Kier alpha value is -4.00. The van der Waals surface area contributed by atoms with E-state index in [-0.39, 0.29) is 36.3 Å². The van der Waals surface area contributed by atoms with E-state index in [9.17, 15) is 31.1 Å². The van der Waals surface area contributed by atoms with Crippen LogP contribution in [0.4, 0.5) is 26.3 Å². The van der Waals surface area contributed by atoms with Crippen LogP contribution in [0, 0.1) is 34.9 Å². The summed E-state index contributed by atoms with van der Waals surface area (Å²) in [7, 11) is 1.47. The molecule has 1 heterocycles. The normalized spacial score (nSPS) is 11.1. The van der Waals surface area contributed by atoms with E-state index in [0.29, 0.717) is 23.7 Å². The van der Waals surface area contributed by atoms with E-state index in [2.05, 4.69) is 15.5 Å². The second-order valence-corrected chi connectivity index (χ2v) is 9.47. The zero-order valence-corrected chi connectivity index (χ0v) is 21.8. The molecule has 1 aromatic heterocycles. The zero-order valence-electron chi connectivity index (χ0n) is 21.0. The minimum atomic E-state index is -2.23. The number of halogens is 6. The van der Waals surface area contributed by atoms with Gasteiger partial charge in [0.2, 0.25) is 11.7 Å². The van der Waals surface area contributed by atoms with Crippen molar-refractivity contribution in [3.8, 4) is 11.4 Å². The number of hydrogen-bond acceptors (Lipinski definition) is 5. The predicted octanol–water partition coefficient (Wildman–Crippen LogP) is 6.04. The van der Waals surface area contributed by atoms with Crippen molar-refractivity contribution >= 4 is 17.7 Å². The van der Waals surface area contributed by atoms with Crippen LogP contribution in [0.2, 0.25) is 0 Å². The Kier molecular flexibility index (Phi) is 9.35. The summed E-state index contributed by atoms with van der Waals surface area (Å²) in [6.45, 7) is 0.234. The molecule has 0 aliphatic carbocycles. The van der Waals surface area contributed by atoms with Gasteiger partial charge in [0.05, 0.1) is 12.8 Å². The monoisotopic (exact) mass is 580 g/mol. The molecule has 13 heteroatoms. The van der Waals surface area contributed by atoms with Crippen LogP contribution in [0.3, 0.4) is 0 Å². The number of rotatable bonds is 11. The number of benzene rings is 3. The highest BCUT2D eigenvalue weighted by molar-refractivity contribution is 7.98. The van der Waals surface area contributed by atoms with Gasteiger partial charge in [0.1, 0.15) is 17.4 Å². The molecule has 1 amide bonds. The minimum absolute atomic E-state index is 0.132. The first kappa shape index (κ1) is 29.0. The van der Waals surface area contributed by atoms with Gasteiger partial charge >= 0.3 is 0 Å². The number of nitrogens with one attached hydrogen (secondary N) is 1. The highest BCUT2D eigenvalue weighted by atomic mass is 32.2. The maximum Gasteiger partial charge on any atom is 0.220 e. The molecule has 0 saturated heterocycles. The Bertz CT molecular complexity index is 1480. The third-order valence-corrected chi connectivity index (χ3v) is 6.82. The molecule has 6 nitrogen and oxygen atoms in total. The van der Waals surface area contributed by atoms with Crippen LogP contribution in [-0.2, 0) is 23.5 Å². The quantitative estimate of drug-likeness (QED) is 0.101. The molecule has 0 atom stereocenters. The van der Waals surface area contributed by atoms with Crippen molar-refractivity contribution in [1.29, 1.82) is 0 Å². The van der Waals surface area contributed by atoms with Gasteiger partial charge in [0.25, 0.3) is 0 Å². The van der Waals surface area contributed by atoms with Crippen LogP contribution in [0.1, 0.15) is 29.8 Å². The Morgan fingerprint density at radius 3 is 2.27 bits per heavy atom. The lowest BCUT2D eigenvalue weighted by atomic mass is 10.2. The predicted molar refractivity (Wildman–Crippen MR) is 135 cm³/mol. The Morgan fingerprint density at radius 2 is 1.60 bits per heavy atom. The molecule has 4 aromatic rings. The van der Waals surface area contributed by atoms with Gasteiger partial charge in [-0.15, -0.1) is 10.2 Å². The number of carbonyl (C=O) groups excluding carboxylic acids is 1. The number of ether oxygens (including phenoxy) is 1. The zero-order chi connectivity index (χ0) is 28.8. The number of methoxy groups -OCH3 is 1. The molecule has 4 rings (SSSR count). The average Bonchev–Trinajstić information content (AvgIpc) is 3.37. The molecule has 1 N–H and O–H groups in total. The number of aryl methyl sites for hydroxylation is 1. The van der Waals surface area contributed by atoms with Gasteiger partial charge in [-0.3, -0.25) is 9.36 Å². The first-order valence-electron chi connectivity index (χ1n) is 11.9. The van der Waals surface area contributed by atoms with Gasteiger partial charge < -0.3 is 10.1 Å². The summed E-state index contributed by atoms with van der Waals surface area (Å²) in [5.74, 6) is -10.4. The smallest absolute Gasteiger partial charge is 0.220 e. The van der Waals surface area contributed by atoms with Crippen LogP contribution in [0.15, 0.2) is 53.7 Å². The summed E-state index contributed by atoms with van der Waals surface area (Å²) in [4.78, 5) is 12.3. The molecule has 0 bridgehead atoms. The van der Waals surface area contributed by atoms with Gasteiger partial charge in [0.15, 0.2) is 28.4 Å². The highest BCUT2D eigenvalue weighted by Crippen LogP contribution is 2.31. The number of hydrogen-bond donors (Lipinski definition) is 1. The number of amides is 1. The molecule has 0 spiro atoms. The van der Waals surface area contributed by atoms with E-state index in [1.165, 1.54) is 19.2 Å². The molecule has 0 fully saturated rings. The van der Waals surface area contributed by atoms with Crippen molar-refractivity contribution in [2.75, 3.05) is 7.11 Å². The Labute approximate surface area is 229 Å². The summed E-state index contributed by atoms with van der Waals surface area (Å²) in [5.41, 5.74) is 0.281. The number of aromatic nitrogens is 3. The van der Waals surface area contributed by atoms with Crippen LogP contribution >= 0.6 is 11.8 Å². The maximum atomic E-state index is 14.2. The summed E-state index contributed by atoms with van der Waals surface area (Å²) < 4.78 is 89.1. The van der Waals surface area contributed by atoms with Crippen molar-refractivity contribution in [3.05, 3.63) is 100 Å². The Balaban J connectivity index is 1.50. The fourth-order valence-electron chi connectivity index (χ4n) is 3.78. The van der Waals surface area contributed by atoms with Crippen LogP contribution in [0.25, 0.3) is 5.69 Å². The van der Waals surface area contributed by atoms with Gasteiger partial charge in [-0.05, 0) is 36.2 Å². The number of thioether (sulfide) groups is 1. The van der Waals surface area contributed by atoms with Crippen LogP contribution in [-0.4, -0.2) is 27.8 Å². The lowest BCUT2D eigenvalue weighted by Gasteiger charge is -2.12. The van der Waals surface area contributed by atoms with E-state index in [1.807, 2.05) is 0 Å². The average molecular weight is 581 g/mol. The summed E-state index contributed by atoms with van der Waals surface area (Å²) in [6.07, 6.45) is 0.774. The molecule has 0 aliphatic heterocycles. The molecule has 3 aromatic carbocycles. The molecule has 0 aliphatic rings. The van der Waals surface area contributed by atoms with E-state index in [1.54, 1.807) is 41.0 Å². The summed E-state index contributed by atoms with van der Waals surface area (Å²) in [5, 5.41) is 11.1. The lowest BCUT2D eigenvalue weighted by molar-refractivity contribution is -0.121. The van der Waals surface area contributed by atoms with Crippen molar-refractivity contribution in [1.82, 2.24) is 20.1 Å². The molecule has 40 heavy (non-hydrogen) atoms. The molecule has 0 saturated carbocycles. The molecule has 0 unspecified atom stereocenters. The fraction of sp³-hybridized carbons (Fsp3) is 0.222. The van der Waals surface area contributed by atoms with Crippen molar-refractivity contribution in [2.24, 2.45) is 0 Å². The van der Waals surface area contributed by atoms with Gasteiger partial charge in [-0.25, -0.2) is 26.3 Å². The molecular weight excluding hydrogens is 558 g/mol. The van der Waals surface area contributed by atoms with Crippen LogP contribution < -0.4 is 10.1 Å². The maximum absolute atomic E-state index is 14.2.